The number of benzene rings is 7. The lowest BCUT2D eigenvalue weighted by Crippen LogP contribution is -2.67. The summed E-state index contributed by atoms with van der Waals surface area (Å²) in [5.41, 5.74) is 21.7. The number of azide groups is 2. The molecule has 0 aliphatic carbocycles. The van der Waals surface area contributed by atoms with Crippen molar-refractivity contribution in [1.29, 1.82) is 0 Å². The zero-order chi connectivity index (χ0) is 100. The van der Waals surface area contributed by atoms with Crippen LogP contribution in [0.2, 0.25) is 97.7 Å². The van der Waals surface area contributed by atoms with Crippen LogP contribution in [-0.2, 0) is 46.1 Å². The molecular weight excluding hydrogens is 1810 g/mol. The molecule has 2 saturated heterocycles. The lowest BCUT2D eigenvalue weighted by Gasteiger charge is -2.45. The van der Waals surface area contributed by atoms with Crippen LogP contribution in [0.15, 0.2) is 221 Å². The van der Waals surface area contributed by atoms with Crippen LogP contribution in [0.3, 0.4) is 0 Å². The fourth-order valence-corrected chi connectivity index (χ4v) is 31.3. The highest BCUT2D eigenvalue weighted by Gasteiger charge is 2.55. The van der Waals surface area contributed by atoms with Gasteiger partial charge in [0.25, 0.3) is 16.6 Å². The molecule has 7 aromatic carbocycles. The number of hydrogen-bond donors (Lipinski definition) is 0. The summed E-state index contributed by atoms with van der Waals surface area (Å²) in [4.78, 5) is 35.2. The zero-order valence-electron chi connectivity index (χ0n) is 87.2. The Morgan fingerprint density at radius 2 is 0.815 bits per heavy atom. The molecule has 11 atom stereocenters. The number of thioether (sulfide) groups is 1. The molecule has 135 heavy (non-hydrogen) atoms. The molecule has 9 rings (SSSR count). The minimum Gasteiger partial charge on any atom is -0.493 e. The van der Waals surface area contributed by atoms with Crippen molar-refractivity contribution in [2.24, 2.45) is 22.1 Å². The molecule has 7 aromatic rings. The van der Waals surface area contributed by atoms with Crippen molar-refractivity contribution < 1.29 is 65.2 Å². The molecule has 3 unspecified atom stereocenters. The predicted molar refractivity (Wildman–Crippen MR) is 572 cm³/mol. The Labute approximate surface area is 820 Å². The van der Waals surface area contributed by atoms with Crippen molar-refractivity contribution in [3.63, 3.8) is 0 Å². The van der Waals surface area contributed by atoms with Gasteiger partial charge in [0.05, 0.1) is 69.0 Å². The van der Waals surface area contributed by atoms with E-state index in [1.165, 1.54) is 20.7 Å². The van der Waals surface area contributed by atoms with Crippen LogP contribution >= 0.6 is 11.8 Å². The van der Waals surface area contributed by atoms with Gasteiger partial charge in [0.1, 0.15) is 29.8 Å². The second-order valence-corrected chi connectivity index (χ2v) is 75.2. The SMILES string of the molecule is Cc1ccc(OCCN=[N+]=[N-])c(/C=C/[C@H]2OC(C)(C)O[C@@H]2C(/C=C\[C@@H](C)[C@H](C)O[Si](c2ccccc2)(c2ccccc2)C(C)(C)C)O[Si](C)(C)C(C)(C)C)c1C(=O)OCC[Si](C)(C)C.Cc1ccc(OCCN=[N+]=[N-])c(C(C[C@H]2OC(C)(C)O[C@@H]2C(/C=C\[C@@H](C)[C@H](C)O[Si](c2ccccc2)(c2ccccc2)C(C)(C)C)O[Si](C)(C)C(C)(C)C)Sc2ccccc2)c1C(=O)OCC[Si](C)(C)C. The van der Waals surface area contributed by atoms with Gasteiger partial charge < -0.3 is 55.6 Å². The maximum atomic E-state index is 14.5. The topological polar surface area (TPSA) is 242 Å². The highest BCUT2D eigenvalue weighted by atomic mass is 32.2. The molecular formula is C108H160N6O14SSi6. The number of nitrogens with zero attached hydrogens (tertiary/aromatic N) is 6. The smallest absolute Gasteiger partial charge is 0.339 e. The molecule has 2 aliphatic heterocycles. The molecule has 2 heterocycles. The van der Waals surface area contributed by atoms with E-state index in [0.29, 0.717) is 53.4 Å². The van der Waals surface area contributed by atoms with E-state index < -0.39 is 104 Å². The highest BCUT2D eigenvalue weighted by molar-refractivity contribution is 7.99. The third-order valence-electron chi connectivity index (χ3n) is 26.4. The molecule has 0 radical (unpaired) electrons. The summed E-state index contributed by atoms with van der Waals surface area (Å²) in [5.74, 6) is -1.70. The molecule has 20 nitrogen and oxygen atoms in total. The highest BCUT2D eigenvalue weighted by Crippen LogP contribution is 2.51. The number of ether oxygens (including phenoxy) is 8. The van der Waals surface area contributed by atoms with Gasteiger partial charge in [0.2, 0.25) is 0 Å². The predicted octanol–water partition coefficient (Wildman–Crippen LogP) is 26.7. The quantitative estimate of drug-likeness (QED) is 0.00504. The number of hydrogen-bond acceptors (Lipinski definition) is 17. The van der Waals surface area contributed by atoms with E-state index in [4.69, 9.17) is 66.7 Å². The average molecular weight is 1970 g/mol. The van der Waals surface area contributed by atoms with E-state index in [1.807, 2.05) is 96.2 Å². The maximum absolute atomic E-state index is 14.5. The molecule has 0 N–H and O–H groups in total. The van der Waals surface area contributed by atoms with E-state index in [9.17, 15) is 9.59 Å². The molecule has 736 valence electrons. The van der Waals surface area contributed by atoms with Crippen LogP contribution in [0.25, 0.3) is 27.0 Å². The fourth-order valence-electron chi connectivity index (χ4n) is 16.6. The summed E-state index contributed by atoms with van der Waals surface area (Å²) in [6, 6.07) is 62.5. The lowest BCUT2D eigenvalue weighted by molar-refractivity contribution is -0.152. The molecule has 2 fully saturated rings. The molecule has 0 saturated carbocycles. The van der Waals surface area contributed by atoms with Crippen molar-refractivity contribution in [2.45, 2.75) is 327 Å². The molecule has 0 amide bonds. The normalized spacial score (nSPS) is 18.5. The van der Waals surface area contributed by atoms with E-state index in [-0.39, 0.29) is 81.7 Å². The van der Waals surface area contributed by atoms with Crippen molar-refractivity contribution in [2.75, 3.05) is 39.5 Å². The Hall–Kier alpha value is -7.75. The van der Waals surface area contributed by atoms with E-state index in [0.717, 1.165) is 28.1 Å². The van der Waals surface area contributed by atoms with Crippen LogP contribution in [0.1, 0.15) is 193 Å². The summed E-state index contributed by atoms with van der Waals surface area (Å²) in [7, 11) is -13.5. The number of carbonyl (C=O) groups is 2. The van der Waals surface area contributed by atoms with Crippen molar-refractivity contribution in [1.82, 2.24) is 0 Å². The Morgan fingerprint density at radius 3 is 1.21 bits per heavy atom. The van der Waals surface area contributed by atoms with Gasteiger partial charge in [-0.15, -0.1) is 11.8 Å². The molecule has 0 bridgehead atoms. The van der Waals surface area contributed by atoms with Gasteiger partial charge in [-0.25, -0.2) is 9.59 Å². The van der Waals surface area contributed by atoms with Crippen molar-refractivity contribution in [3.8, 4) is 11.5 Å². The zero-order valence-corrected chi connectivity index (χ0v) is 94.0. The minimum absolute atomic E-state index is 0.00313. The summed E-state index contributed by atoms with van der Waals surface area (Å²) < 4.78 is 82.1. The van der Waals surface area contributed by atoms with Gasteiger partial charge in [-0.05, 0) is 199 Å². The molecule has 2 aliphatic rings. The third-order valence-corrected chi connectivity index (χ3v) is 50.3. The Morgan fingerprint density at radius 1 is 0.452 bits per heavy atom. The van der Waals surface area contributed by atoms with Gasteiger partial charge >= 0.3 is 11.9 Å². The number of rotatable bonds is 43. The van der Waals surface area contributed by atoms with Crippen molar-refractivity contribution in [3.05, 3.63) is 261 Å². The van der Waals surface area contributed by atoms with Crippen LogP contribution in [0, 0.1) is 25.7 Å². The van der Waals surface area contributed by atoms with Gasteiger partial charge in [-0.1, -0.05) is 335 Å². The average Bonchev–Trinajstić information content (AvgIpc) is 1.20. The first-order chi connectivity index (χ1) is 62.9. The Kier molecular flexibility index (Phi) is 40.0. The number of esters is 2. The van der Waals surface area contributed by atoms with E-state index >= 15 is 0 Å². The second-order valence-electron chi connectivity index (χ2n) is 44.7. The third kappa shape index (κ3) is 30.9. The van der Waals surface area contributed by atoms with Crippen molar-refractivity contribution >= 4 is 99.9 Å². The first kappa shape index (κ1) is 113. The second kappa shape index (κ2) is 47.9. The fraction of sp³-hybridized carbons (Fsp3) is 0.537. The molecule has 27 heteroatoms. The van der Waals surface area contributed by atoms with Gasteiger partial charge in [-0.3, -0.25) is 0 Å². The summed E-state index contributed by atoms with van der Waals surface area (Å²) in [6.07, 6.45) is 9.70. The summed E-state index contributed by atoms with van der Waals surface area (Å²) >= 11 is 1.65. The number of carbonyl (C=O) groups excluding carboxylic acids is 2. The monoisotopic (exact) mass is 1970 g/mol. The largest absolute Gasteiger partial charge is 0.493 e. The molecule has 0 spiro atoms. The van der Waals surface area contributed by atoms with Crippen LogP contribution < -0.4 is 30.2 Å². The maximum Gasteiger partial charge on any atom is 0.339 e. The molecule has 0 aromatic heterocycles. The standard InChI is InChI=1S/C57H83N3O7SSi3.C51H77N3O7Si3/c1-41(43(3)66-71(56(7,8)9,45-28-22-18-23-29-45)46-30-24-19-25-31-46)32-35-48(67-70(15,16)55(4,5)6)53-49(64-57(10,11)65-53)40-50(68-44-26-20-17-21-27-44)52-47(62-37-36-59-60-58)34-33-42(2)51(52)54(61)63-38-39-69(12,13)14;1-37(39(3)60-64(50(7,8)9,40-23-19-17-20-24-40)41-25-21-18-22-26-41)27-31-45(61-63(15,16)49(4,5)6)47-44(58-51(10,11)59-47)32-29-42-43(56-34-33-53-54-52)30-28-38(2)46(42)48(55)57-35-36-62(12,13)14/h17-35,41,43,48-50,53H,36-40H2,1-16H3;17-32,37,39,44-45,47H,33-36H2,1-16H3/b35-32-;31-27-,32-29+/t41-,43+,48?,49-,50?,53-;37-,39+,44-,45?,47+/m11/s1. The summed E-state index contributed by atoms with van der Waals surface area (Å²) in [5, 5.41) is 11.4. The van der Waals surface area contributed by atoms with Crippen LogP contribution in [0.5, 0.6) is 11.5 Å². The number of aryl methyl sites for hydroxylation is 2. The summed E-state index contributed by atoms with van der Waals surface area (Å²) in [6.45, 7) is 71.6. The van der Waals surface area contributed by atoms with Crippen LogP contribution in [0.4, 0.5) is 0 Å². The first-order valence-electron chi connectivity index (χ1n) is 48.2. The van der Waals surface area contributed by atoms with Gasteiger partial charge in [0, 0.05) is 59.5 Å². The minimum atomic E-state index is -2.85. The van der Waals surface area contributed by atoms with Gasteiger partial charge in [-0.2, -0.15) is 0 Å². The van der Waals surface area contributed by atoms with E-state index in [2.05, 4.69) is 354 Å². The first-order valence-corrected chi connectivity index (χ1v) is 66.1. The van der Waals surface area contributed by atoms with Crippen LogP contribution in [-0.4, -0.2) is 161 Å². The van der Waals surface area contributed by atoms with Gasteiger partial charge in [0.15, 0.2) is 28.2 Å². The Balaban J connectivity index is 0.000000334. The van der Waals surface area contributed by atoms with E-state index in [1.54, 1.807) is 11.8 Å². The Bertz CT molecular complexity index is 5070. The lowest BCUT2D eigenvalue weighted by atomic mass is 9.93.